The van der Waals surface area contributed by atoms with Gasteiger partial charge in [0.1, 0.15) is 5.75 Å². The van der Waals surface area contributed by atoms with Crippen molar-refractivity contribution in [2.75, 3.05) is 38.9 Å². The molecule has 1 N–H and O–H groups in total. The van der Waals surface area contributed by atoms with E-state index in [2.05, 4.69) is 12.2 Å². The van der Waals surface area contributed by atoms with Crippen LogP contribution in [0.25, 0.3) is 0 Å². The largest absolute Gasteiger partial charge is 0.494 e. The Morgan fingerprint density at radius 2 is 1.86 bits per heavy atom. The van der Waals surface area contributed by atoms with Crippen LogP contribution in [0, 0.1) is 0 Å². The van der Waals surface area contributed by atoms with Crippen LogP contribution in [0.1, 0.15) is 24.9 Å². The summed E-state index contributed by atoms with van der Waals surface area (Å²) in [6.07, 6.45) is 0.957. The molecule has 0 heterocycles. The third-order valence-corrected chi connectivity index (χ3v) is 4.75. The SMILES string of the molecule is CCCOc1ccc(C(CS(=O)(=O)CCOC)NC)cc1. The molecule has 6 heteroatoms. The van der Waals surface area contributed by atoms with Gasteiger partial charge < -0.3 is 14.8 Å². The second-order valence-electron chi connectivity index (χ2n) is 4.87. The lowest BCUT2D eigenvalue weighted by atomic mass is 10.1. The van der Waals surface area contributed by atoms with Crippen LogP contribution in [0.5, 0.6) is 5.75 Å². The van der Waals surface area contributed by atoms with Crippen LogP contribution >= 0.6 is 0 Å². The van der Waals surface area contributed by atoms with E-state index in [1.807, 2.05) is 24.3 Å². The van der Waals surface area contributed by atoms with Crippen molar-refractivity contribution >= 4 is 9.84 Å². The van der Waals surface area contributed by atoms with E-state index in [-0.39, 0.29) is 24.2 Å². The van der Waals surface area contributed by atoms with Crippen LogP contribution < -0.4 is 10.1 Å². The highest BCUT2D eigenvalue weighted by Gasteiger charge is 2.19. The summed E-state index contributed by atoms with van der Waals surface area (Å²) in [6, 6.07) is 7.32. The van der Waals surface area contributed by atoms with Crippen LogP contribution in [0.3, 0.4) is 0 Å². The van der Waals surface area contributed by atoms with Crippen molar-refractivity contribution < 1.29 is 17.9 Å². The van der Waals surface area contributed by atoms with Crippen molar-refractivity contribution in [2.45, 2.75) is 19.4 Å². The van der Waals surface area contributed by atoms with E-state index < -0.39 is 9.84 Å². The molecule has 1 unspecified atom stereocenters. The van der Waals surface area contributed by atoms with Crippen LogP contribution in [-0.4, -0.2) is 47.3 Å². The fraction of sp³-hybridized carbons (Fsp3) is 0.600. The highest BCUT2D eigenvalue weighted by atomic mass is 32.2. The van der Waals surface area contributed by atoms with E-state index in [0.717, 1.165) is 17.7 Å². The lowest BCUT2D eigenvalue weighted by molar-refractivity contribution is 0.217. The molecule has 0 amide bonds. The van der Waals surface area contributed by atoms with E-state index in [1.54, 1.807) is 7.05 Å². The Morgan fingerprint density at radius 1 is 1.19 bits per heavy atom. The molecule has 1 aromatic carbocycles. The number of hydrogen-bond acceptors (Lipinski definition) is 5. The van der Waals surface area contributed by atoms with Gasteiger partial charge in [-0.05, 0) is 31.2 Å². The van der Waals surface area contributed by atoms with Crippen molar-refractivity contribution in [3.05, 3.63) is 29.8 Å². The third-order valence-electron chi connectivity index (χ3n) is 3.12. The molecule has 0 aromatic heterocycles. The van der Waals surface area contributed by atoms with Gasteiger partial charge in [-0.3, -0.25) is 0 Å². The Bertz CT molecular complexity index is 499. The van der Waals surface area contributed by atoms with Crippen molar-refractivity contribution in [3.8, 4) is 5.75 Å². The van der Waals surface area contributed by atoms with Crippen LogP contribution in [0.15, 0.2) is 24.3 Å². The van der Waals surface area contributed by atoms with E-state index in [1.165, 1.54) is 7.11 Å². The molecular weight excluding hydrogens is 290 g/mol. The minimum Gasteiger partial charge on any atom is -0.494 e. The second kappa shape index (κ2) is 9.02. The fourth-order valence-electron chi connectivity index (χ4n) is 1.91. The highest BCUT2D eigenvalue weighted by Crippen LogP contribution is 2.19. The molecule has 0 aliphatic rings. The third kappa shape index (κ3) is 6.46. The zero-order valence-electron chi connectivity index (χ0n) is 13.0. The van der Waals surface area contributed by atoms with Gasteiger partial charge in [-0.15, -0.1) is 0 Å². The second-order valence-corrected chi connectivity index (χ2v) is 7.09. The number of ether oxygens (including phenoxy) is 2. The molecule has 120 valence electrons. The maximum absolute atomic E-state index is 12.0. The smallest absolute Gasteiger partial charge is 0.154 e. The molecule has 1 atom stereocenters. The molecule has 0 saturated carbocycles. The first-order valence-corrected chi connectivity index (χ1v) is 8.94. The molecule has 0 aliphatic heterocycles. The number of benzene rings is 1. The maximum Gasteiger partial charge on any atom is 0.154 e. The Kier molecular flexibility index (Phi) is 7.71. The zero-order valence-corrected chi connectivity index (χ0v) is 13.8. The first kappa shape index (κ1) is 17.9. The number of hydrogen-bond donors (Lipinski definition) is 1. The normalized spacial score (nSPS) is 13.1. The van der Waals surface area contributed by atoms with E-state index in [4.69, 9.17) is 9.47 Å². The maximum atomic E-state index is 12.0. The minimum atomic E-state index is -3.15. The lowest BCUT2D eigenvalue weighted by Gasteiger charge is -2.17. The average Bonchev–Trinajstić information content (AvgIpc) is 2.49. The van der Waals surface area contributed by atoms with Gasteiger partial charge in [0, 0.05) is 13.2 Å². The summed E-state index contributed by atoms with van der Waals surface area (Å²) in [5.74, 6) is 0.902. The van der Waals surface area contributed by atoms with Crippen molar-refractivity contribution in [1.29, 1.82) is 0 Å². The van der Waals surface area contributed by atoms with Gasteiger partial charge in [0.25, 0.3) is 0 Å². The summed E-state index contributed by atoms with van der Waals surface area (Å²) in [5.41, 5.74) is 0.933. The first-order valence-electron chi connectivity index (χ1n) is 7.11. The Balaban J connectivity index is 2.71. The molecule has 0 spiro atoms. The van der Waals surface area contributed by atoms with Crippen molar-refractivity contribution in [2.24, 2.45) is 0 Å². The molecule has 0 aliphatic carbocycles. The van der Waals surface area contributed by atoms with Crippen LogP contribution in [0.2, 0.25) is 0 Å². The Morgan fingerprint density at radius 3 is 2.38 bits per heavy atom. The van der Waals surface area contributed by atoms with Crippen molar-refractivity contribution in [1.82, 2.24) is 5.32 Å². The Hall–Kier alpha value is -1.11. The van der Waals surface area contributed by atoms with Crippen molar-refractivity contribution in [3.63, 3.8) is 0 Å². The number of rotatable bonds is 10. The lowest BCUT2D eigenvalue weighted by Crippen LogP contribution is -2.27. The highest BCUT2D eigenvalue weighted by molar-refractivity contribution is 7.91. The minimum absolute atomic E-state index is 0.0410. The van der Waals surface area contributed by atoms with E-state index in [9.17, 15) is 8.42 Å². The van der Waals surface area contributed by atoms with Gasteiger partial charge in [-0.25, -0.2) is 8.42 Å². The monoisotopic (exact) mass is 315 g/mol. The van der Waals surface area contributed by atoms with Gasteiger partial charge in [0.05, 0.1) is 24.7 Å². The average molecular weight is 315 g/mol. The Labute approximate surface area is 127 Å². The van der Waals surface area contributed by atoms with Crippen LogP contribution in [-0.2, 0) is 14.6 Å². The van der Waals surface area contributed by atoms with E-state index >= 15 is 0 Å². The van der Waals surface area contributed by atoms with Gasteiger partial charge >= 0.3 is 0 Å². The van der Waals surface area contributed by atoms with Crippen LogP contribution in [0.4, 0.5) is 0 Å². The predicted molar refractivity (Wildman–Crippen MR) is 84.6 cm³/mol. The summed E-state index contributed by atoms with van der Waals surface area (Å²) < 4.78 is 34.3. The van der Waals surface area contributed by atoms with Gasteiger partial charge in [0.15, 0.2) is 9.84 Å². The summed E-state index contributed by atoms with van der Waals surface area (Å²) in [5, 5.41) is 3.05. The molecule has 0 fully saturated rings. The summed E-state index contributed by atoms with van der Waals surface area (Å²) >= 11 is 0. The zero-order chi connectivity index (χ0) is 15.7. The topological polar surface area (TPSA) is 64.6 Å². The van der Waals surface area contributed by atoms with E-state index in [0.29, 0.717) is 6.61 Å². The molecule has 0 saturated heterocycles. The standard InChI is InChI=1S/C15H25NO4S/c1-4-9-20-14-7-5-13(6-8-14)15(16-2)12-21(17,18)11-10-19-3/h5-8,15-16H,4,9-12H2,1-3H3. The van der Waals surface area contributed by atoms with Gasteiger partial charge in [-0.1, -0.05) is 19.1 Å². The quantitative estimate of drug-likeness (QED) is 0.713. The molecule has 0 radical (unpaired) electrons. The molecule has 1 rings (SSSR count). The summed E-state index contributed by atoms with van der Waals surface area (Å²) in [7, 11) is 0.116. The predicted octanol–water partition coefficient (Wildman–Crippen LogP) is 1.80. The number of methoxy groups -OCH3 is 1. The molecule has 21 heavy (non-hydrogen) atoms. The molecule has 1 aromatic rings. The number of nitrogens with one attached hydrogen (secondary N) is 1. The van der Waals surface area contributed by atoms with Gasteiger partial charge in [0.2, 0.25) is 0 Å². The first-order chi connectivity index (χ1) is 10.0. The number of sulfone groups is 1. The fourth-order valence-corrected chi connectivity index (χ4v) is 3.36. The van der Waals surface area contributed by atoms with Gasteiger partial charge in [-0.2, -0.15) is 0 Å². The summed E-state index contributed by atoms with van der Waals surface area (Å²) in [6.45, 7) is 2.96. The molecule has 0 bridgehead atoms. The summed E-state index contributed by atoms with van der Waals surface area (Å²) in [4.78, 5) is 0. The molecular formula is C15H25NO4S. The molecule has 5 nitrogen and oxygen atoms in total.